The fraction of sp³-hybridized carbons (Fsp3) is 0.400. The molecule has 0 bridgehead atoms. The van der Waals surface area contributed by atoms with Gasteiger partial charge in [0, 0.05) is 18.8 Å². The quantitative estimate of drug-likeness (QED) is 0.610. The first-order valence-electron chi connectivity index (χ1n) is 11.1. The number of para-hydroxylation sites is 2. The largest absolute Gasteiger partial charge is 0.475 e. The van der Waals surface area contributed by atoms with Crippen molar-refractivity contribution >= 4 is 28.4 Å². The maximum absolute atomic E-state index is 13.0. The summed E-state index contributed by atoms with van der Waals surface area (Å²) < 4.78 is 5.80. The number of benzene rings is 2. The molecule has 1 aromatic heterocycles. The van der Waals surface area contributed by atoms with E-state index in [1.54, 1.807) is 0 Å². The molecular weight excluding hydrogens is 388 g/mol. The number of amides is 1. The molecule has 162 valence electrons. The van der Waals surface area contributed by atoms with E-state index in [2.05, 4.69) is 41.2 Å². The van der Waals surface area contributed by atoms with Crippen LogP contribution < -0.4 is 15.0 Å². The molecule has 6 heteroatoms. The minimum Gasteiger partial charge on any atom is -0.475 e. The van der Waals surface area contributed by atoms with Crippen LogP contribution in [0.5, 0.6) is 5.88 Å². The molecule has 0 radical (unpaired) electrons. The third-order valence-corrected chi connectivity index (χ3v) is 5.74. The third-order valence-electron chi connectivity index (χ3n) is 5.74. The molecule has 1 fully saturated rings. The summed E-state index contributed by atoms with van der Waals surface area (Å²) in [5.74, 6) is 1.67. The van der Waals surface area contributed by atoms with E-state index in [0.29, 0.717) is 24.9 Å². The van der Waals surface area contributed by atoms with Gasteiger partial charge >= 0.3 is 0 Å². The lowest BCUT2D eigenvalue weighted by Gasteiger charge is -2.33. The van der Waals surface area contributed by atoms with Crippen molar-refractivity contribution in [3.63, 3.8) is 0 Å². The molecule has 31 heavy (non-hydrogen) atoms. The van der Waals surface area contributed by atoms with E-state index in [1.807, 2.05) is 43.3 Å². The number of fused-ring (bicyclic) bond motifs is 1. The van der Waals surface area contributed by atoms with Gasteiger partial charge in [-0.2, -0.15) is 0 Å². The average molecular weight is 419 g/mol. The fourth-order valence-electron chi connectivity index (χ4n) is 3.99. The van der Waals surface area contributed by atoms with Gasteiger partial charge in [0.05, 0.1) is 23.6 Å². The van der Waals surface area contributed by atoms with Gasteiger partial charge in [0.15, 0.2) is 5.82 Å². The first-order valence-corrected chi connectivity index (χ1v) is 11.1. The van der Waals surface area contributed by atoms with Crippen LogP contribution in [0.25, 0.3) is 11.0 Å². The van der Waals surface area contributed by atoms with Crippen LogP contribution in [-0.4, -0.2) is 35.6 Å². The number of anilines is 2. The smallest absolute Gasteiger partial charge is 0.258 e. The minimum absolute atomic E-state index is 0.0497. The van der Waals surface area contributed by atoms with Gasteiger partial charge in [-0.15, -0.1) is 0 Å². The first kappa shape index (κ1) is 21.1. The second-order valence-corrected chi connectivity index (χ2v) is 8.33. The van der Waals surface area contributed by atoms with Crippen LogP contribution in [0.2, 0.25) is 0 Å². The minimum atomic E-state index is -0.110. The first-order chi connectivity index (χ1) is 15.0. The van der Waals surface area contributed by atoms with Crippen LogP contribution in [0.4, 0.5) is 11.5 Å². The number of nitrogens with zero attached hydrogens (tertiary/aromatic N) is 3. The van der Waals surface area contributed by atoms with Gasteiger partial charge in [0.25, 0.3) is 5.88 Å². The molecule has 1 aliphatic heterocycles. The van der Waals surface area contributed by atoms with Crippen molar-refractivity contribution in [1.82, 2.24) is 9.97 Å². The number of piperidine rings is 1. The molecule has 3 aromatic rings. The summed E-state index contributed by atoms with van der Waals surface area (Å²) >= 11 is 0. The standard InChI is InChI=1S/C25H30N4O2/c1-4-31-25-23(27-21-9-5-6-10-22(21)28-25)29-15-7-8-19(16-29)24(30)26-20-13-11-18(12-14-20)17(2)3/h5-6,9-14,17,19H,4,7-8,15-16H2,1-3H3,(H,26,30). The van der Waals surface area contributed by atoms with Crippen LogP contribution >= 0.6 is 0 Å². The Hall–Kier alpha value is -3.15. The van der Waals surface area contributed by atoms with Crippen molar-refractivity contribution in [2.75, 3.05) is 29.9 Å². The van der Waals surface area contributed by atoms with E-state index in [1.165, 1.54) is 5.56 Å². The molecular formula is C25H30N4O2. The van der Waals surface area contributed by atoms with Crippen LogP contribution in [0.3, 0.4) is 0 Å². The summed E-state index contributed by atoms with van der Waals surface area (Å²) in [6, 6.07) is 15.9. The van der Waals surface area contributed by atoms with Gasteiger partial charge in [0.1, 0.15) is 0 Å². The number of rotatable bonds is 6. The molecule has 2 heterocycles. The van der Waals surface area contributed by atoms with E-state index in [-0.39, 0.29) is 11.8 Å². The summed E-state index contributed by atoms with van der Waals surface area (Å²) in [6.45, 7) is 8.22. The summed E-state index contributed by atoms with van der Waals surface area (Å²) in [5.41, 5.74) is 3.75. The Kier molecular flexibility index (Phi) is 6.35. The number of nitrogens with one attached hydrogen (secondary N) is 1. The second-order valence-electron chi connectivity index (χ2n) is 8.33. The van der Waals surface area contributed by atoms with E-state index in [0.717, 1.165) is 41.9 Å². The fourth-order valence-corrected chi connectivity index (χ4v) is 3.99. The Morgan fingerprint density at radius 2 is 1.84 bits per heavy atom. The Labute approximate surface area is 183 Å². The van der Waals surface area contributed by atoms with E-state index >= 15 is 0 Å². The summed E-state index contributed by atoms with van der Waals surface area (Å²) in [5, 5.41) is 3.09. The van der Waals surface area contributed by atoms with Crippen molar-refractivity contribution in [2.45, 2.75) is 39.5 Å². The lowest BCUT2D eigenvalue weighted by Crippen LogP contribution is -2.41. The van der Waals surface area contributed by atoms with Crippen molar-refractivity contribution in [3.8, 4) is 5.88 Å². The molecule has 0 spiro atoms. The molecule has 0 saturated carbocycles. The predicted molar refractivity (Wildman–Crippen MR) is 125 cm³/mol. The summed E-state index contributed by atoms with van der Waals surface area (Å²) in [6.07, 6.45) is 1.78. The summed E-state index contributed by atoms with van der Waals surface area (Å²) in [4.78, 5) is 24.6. The number of hydrogen-bond donors (Lipinski definition) is 1. The molecule has 1 atom stereocenters. The zero-order valence-corrected chi connectivity index (χ0v) is 18.5. The SMILES string of the molecule is CCOc1nc2ccccc2nc1N1CCCC(C(=O)Nc2ccc(C(C)C)cc2)C1. The van der Waals surface area contributed by atoms with E-state index in [4.69, 9.17) is 9.72 Å². The molecule has 1 N–H and O–H groups in total. The molecule has 0 aliphatic carbocycles. The van der Waals surface area contributed by atoms with Gasteiger partial charge in [-0.25, -0.2) is 9.97 Å². The molecule has 6 nitrogen and oxygen atoms in total. The Morgan fingerprint density at radius 3 is 2.52 bits per heavy atom. The zero-order chi connectivity index (χ0) is 21.8. The van der Waals surface area contributed by atoms with Crippen LogP contribution in [0.1, 0.15) is 45.1 Å². The number of carbonyl (C=O) groups is 1. The molecule has 2 aromatic carbocycles. The predicted octanol–water partition coefficient (Wildman–Crippen LogP) is 5.01. The molecule has 1 saturated heterocycles. The van der Waals surface area contributed by atoms with Gasteiger partial charge in [0.2, 0.25) is 5.91 Å². The summed E-state index contributed by atoms with van der Waals surface area (Å²) in [7, 11) is 0. The molecule has 4 rings (SSSR count). The van der Waals surface area contributed by atoms with Crippen LogP contribution in [0, 0.1) is 5.92 Å². The average Bonchev–Trinajstić information content (AvgIpc) is 2.79. The molecule has 1 amide bonds. The van der Waals surface area contributed by atoms with Crippen LogP contribution in [0.15, 0.2) is 48.5 Å². The number of ether oxygens (including phenoxy) is 1. The highest BCUT2D eigenvalue weighted by atomic mass is 16.5. The van der Waals surface area contributed by atoms with Gasteiger partial charge < -0.3 is 15.0 Å². The zero-order valence-electron chi connectivity index (χ0n) is 18.5. The third kappa shape index (κ3) is 4.79. The highest BCUT2D eigenvalue weighted by molar-refractivity contribution is 5.93. The van der Waals surface area contributed by atoms with Crippen LogP contribution in [-0.2, 0) is 4.79 Å². The molecule has 1 unspecified atom stereocenters. The number of carbonyl (C=O) groups excluding carboxylic acids is 1. The maximum atomic E-state index is 13.0. The lowest BCUT2D eigenvalue weighted by atomic mass is 9.97. The number of hydrogen-bond acceptors (Lipinski definition) is 5. The van der Waals surface area contributed by atoms with Gasteiger partial charge in [-0.3, -0.25) is 4.79 Å². The Morgan fingerprint density at radius 1 is 1.13 bits per heavy atom. The number of aromatic nitrogens is 2. The van der Waals surface area contributed by atoms with Crippen molar-refractivity contribution in [1.29, 1.82) is 0 Å². The van der Waals surface area contributed by atoms with Gasteiger partial charge in [-0.1, -0.05) is 38.1 Å². The normalized spacial score (nSPS) is 16.5. The van der Waals surface area contributed by atoms with Crippen molar-refractivity contribution < 1.29 is 9.53 Å². The van der Waals surface area contributed by atoms with E-state index in [9.17, 15) is 4.79 Å². The lowest BCUT2D eigenvalue weighted by molar-refractivity contribution is -0.120. The Bertz CT molecular complexity index is 1050. The molecule has 1 aliphatic rings. The van der Waals surface area contributed by atoms with Gasteiger partial charge in [-0.05, 0) is 55.5 Å². The highest BCUT2D eigenvalue weighted by Crippen LogP contribution is 2.31. The van der Waals surface area contributed by atoms with Crippen molar-refractivity contribution in [3.05, 3.63) is 54.1 Å². The van der Waals surface area contributed by atoms with Crippen molar-refractivity contribution in [2.24, 2.45) is 5.92 Å². The maximum Gasteiger partial charge on any atom is 0.258 e. The highest BCUT2D eigenvalue weighted by Gasteiger charge is 2.29. The Balaban J connectivity index is 1.51. The topological polar surface area (TPSA) is 67.4 Å². The second kappa shape index (κ2) is 9.33. The monoisotopic (exact) mass is 418 g/mol. The van der Waals surface area contributed by atoms with E-state index < -0.39 is 0 Å².